The molecule has 0 rings (SSSR count). The zero-order chi connectivity index (χ0) is 30.9. The molecule has 0 spiro atoms. The average Bonchev–Trinajstić information content (AvgIpc) is 2.95. The molecule has 0 aromatic carbocycles. The van der Waals surface area contributed by atoms with Crippen molar-refractivity contribution >= 4 is 11.8 Å². The summed E-state index contributed by atoms with van der Waals surface area (Å²) in [5.41, 5.74) is 5.46. The van der Waals surface area contributed by atoms with Crippen LogP contribution < -0.4 is 16.4 Å². The number of nitrogens with two attached hydrogens (primary N) is 1. The maximum atomic E-state index is 12.1. The number of carbonyl (C=O) groups excluding carboxylic acids is 2. The van der Waals surface area contributed by atoms with Gasteiger partial charge in [-0.1, -0.05) is 12.8 Å². The number of nitrogens with zero attached hydrogens (tertiary/aromatic N) is 3. The lowest BCUT2D eigenvalue weighted by Crippen LogP contribution is -2.37. The fraction of sp³-hybridized carbons (Fsp3) is 0.926. The molecule has 0 aliphatic rings. The number of unbranched alkanes of at least 4 members (excludes halogenated alkanes) is 6. The molecule has 0 radical (unpaired) electrons. The lowest BCUT2D eigenvalue weighted by Gasteiger charge is -2.25. The number of rotatable bonds is 28. The summed E-state index contributed by atoms with van der Waals surface area (Å²) in [6.45, 7) is 4.25. The Bertz CT molecular complexity index is 651. The number of nitrogens with one attached hydrogen (secondary N) is 2. The summed E-state index contributed by atoms with van der Waals surface area (Å²) in [7, 11) is 3.10. The summed E-state index contributed by atoms with van der Waals surface area (Å²) < 4.78 is 10.8. The number of hydroxylamine groups is 6. The van der Waals surface area contributed by atoms with E-state index in [1.807, 2.05) is 0 Å². The maximum absolute atomic E-state index is 12.1. The van der Waals surface area contributed by atoms with Gasteiger partial charge in [0.1, 0.15) is 18.7 Å². The molecular weight excluding hydrogens is 536 g/mol. The van der Waals surface area contributed by atoms with Crippen LogP contribution in [0.3, 0.4) is 0 Å². The van der Waals surface area contributed by atoms with Gasteiger partial charge in [0.05, 0.1) is 0 Å². The molecule has 244 valence electrons. The first-order chi connectivity index (χ1) is 19.7. The lowest BCUT2D eigenvalue weighted by molar-refractivity contribution is -0.209. The quantitative estimate of drug-likeness (QED) is 0.0300. The molecule has 0 aromatic heterocycles. The highest BCUT2D eigenvalue weighted by molar-refractivity contribution is 5.75. The lowest BCUT2D eigenvalue weighted by atomic mass is 10.2. The van der Waals surface area contributed by atoms with Crippen LogP contribution in [0.2, 0.25) is 0 Å². The third-order valence-electron chi connectivity index (χ3n) is 6.80. The van der Waals surface area contributed by atoms with Gasteiger partial charge in [-0.15, -0.1) is 0 Å². The van der Waals surface area contributed by atoms with Gasteiger partial charge < -0.3 is 36.0 Å². The van der Waals surface area contributed by atoms with Gasteiger partial charge in [0, 0.05) is 53.7 Å². The van der Waals surface area contributed by atoms with Crippen LogP contribution in [0.4, 0.5) is 0 Å². The predicted octanol–water partition coefficient (Wildman–Crippen LogP) is 1.61. The van der Waals surface area contributed by atoms with Gasteiger partial charge in [0.2, 0.25) is 11.8 Å². The monoisotopic (exact) mass is 594 g/mol. The van der Waals surface area contributed by atoms with E-state index in [4.69, 9.17) is 15.2 Å². The van der Waals surface area contributed by atoms with Crippen LogP contribution in [-0.4, -0.2) is 120 Å². The highest BCUT2D eigenvalue weighted by Crippen LogP contribution is 2.10. The van der Waals surface area contributed by atoms with Gasteiger partial charge in [0.25, 0.3) is 0 Å². The molecule has 14 heteroatoms. The van der Waals surface area contributed by atoms with Gasteiger partial charge in [-0.05, 0) is 77.3 Å². The molecule has 8 N–H and O–H groups in total. The molecule has 2 amide bonds. The Morgan fingerprint density at radius 3 is 2.00 bits per heavy atom. The molecule has 0 aliphatic carbocycles. The van der Waals surface area contributed by atoms with E-state index >= 15 is 0 Å². The molecule has 0 saturated heterocycles. The Kier molecular flexibility index (Phi) is 25.3. The minimum atomic E-state index is -0.939. The Labute approximate surface area is 246 Å². The largest absolute Gasteiger partial charge is 0.376 e. The van der Waals surface area contributed by atoms with Crippen LogP contribution in [0, 0.1) is 0 Å². The number of amides is 2. The summed E-state index contributed by atoms with van der Waals surface area (Å²) in [4.78, 5) is 23.0. The summed E-state index contributed by atoms with van der Waals surface area (Å²) in [5.74, 6) is -0.504. The highest BCUT2D eigenvalue weighted by atomic mass is 16.6. The van der Waals surface area contributed by atoms with Crippen molar-refractivity contribution in [3.8, 4) is 0 Å². The van der Waals surface area contributed by atoms with E-state index < -0.39 is 12.5 Å². The second-order valence-corrected chi connectivity index (χ2v) is 10.3. The van der Waals surface area contributed by atoms with Gasteiger partial charge in [-0.2, -0.15) is 10.1 Å². The van der Waals surface area contributed by atoms with E-state index in [-0.39, 0.29) is 31.0 Å². The maximum Gasteiger partial charge on any atom is 0.242 e. The van der Waals surface area contributed by atoms with Gasteiger partial charge in [-0.25, -0.2) is 5.06 Å². The van der Waals surface area contributed by atoms with E-state index in [2.05, 4.69) is 10.6 Å². The first kappa shape index (κ1) is 39.5. The molecule has 0 aliphatic heterocycles. The molecule has 0 heterocycles. The van der Waals surface area contributed by atoms with Crippen LogP contribution in [0.5, 0.6) is 0 Å². The Hall–Kier alpha value is -1.46. The number of aliphatic hydroxyl groups is 1. The molecule has 0 saturated carbocycles. The molecule has 0 aromatic rings. The zero-order valence-corrected chi connectivity index (χ0v) is 25.5. The van der Waals surface area contributed by atoms with E-state index in [0.29, 0.717) is 63.5 Å². The number of hydrogen-bond donors (Lipinski definition) is 7. The number of ether oxygens (including phenoxy) is 2. The van der Waals surface area contributed by atoms with E-state index in [0.717, 1.165) is 61.5 Å². The summed E-state index contributed by atoms with van der Waals surface area (Å²) in [6, 6.07) is 0. The molecule has 3 atom stereocenters. The number of carbonyl (C=O) groups is 2. The zero-order valence-electron chi connectivity index (χ0n) is 25.5. The standard InChI is InChI=1S/C27H58N6O8/c1-23(34)31(37)20-11-5-8-18-29-24(35)13-16-27(41-3)33(39)22-12-6-9-19-30-25(40-2)14-15-26(36)32(38)21-10-4-7-17-28/h25-27,30,36-39H,4-22,28H2,1-3H3,(H,29,35). The molecule has 3 unspecified atom stereocenters. The number of hydrogen-bond acceptors (Lipinski definition) is 12. The van der Waals surface area contributed by atoms with E-state index in [1.165, 1.54) is 14.0 Å². The summed E-state index contributed by atoms with van der Waals surface area (Å²) in [5, 5.41) is 48.7. The van der Waals surface area contributed by atoms with Crippen molar-refractivity contribution in [1.29, 1.82) is 0 Å². The van der Waals surface area contributed by atoms with Crippen LogP contribution in [0.1, 0.15) is 90.4 Å². The van der Waals surface area contributed by atoms with Crippen LogP contribution >= 0.6 is 0 Å². The summed E-state index contributed by atoms with van der Waals surface area (Å²) in [6.07, 6.45) is 7.04. The van der Waals surface area contributed by atoms with Crippen LogP contribution in [0.15, 0.2) is 0 Å². The van der Waals surface area contributed by atoms with Gasteiger partial charge in [0.15, 0.2) is 0 Å². The number of methoxy groups -OCH3 is 2. The fourth-order valence-electron chi connectivity index (χ4n) is 4.16. The predicted molar refractivity (Wildman–Crippen MR) is 154 cm³/mol. The highest BCUT2D eigenvalue weighted by Gasteiger charge is 2.18. The summed E-state index contributed by atoms with van der Waals surface area (Å²) >= 11 is 0. The van der Waals surface area contributed by atoms with Crippen LogP contribution in [-0.2, 0) is 19.1 Å². The third-order valence-corrected chi connectivity index (χ3v) is 6.80. The Morgan fingerprint density at radius 1 is 0.780 bits per heavy atom. The van der Waals surface area contributed by atoms with E-state index in [1.54, 1.807) is 7.11 Å². The molecule has 14 nitrogen and oxygen atoms in total. The smallest absolute Gasteiger partial charge is 0.242 e. The normalized spacial score (nSPS) is 13.9. The van der Waals surface area contributed by atoms with Crippen molar-refractivity contribution in [3.63, 3.8) is 0 Å². The Morgan fingerprint density at radius 2 is 1.39 bits per heavy atom. The third kappa shape index (κ3) is 21.8. The van der Waals surface area contributed by atoms with Gasteiger partial charge in [-0.3, -0.25) is 20.1 Å². The molecule has 0 bridgehead atoms. The first-order valence-corrected chi connectivity index (χ1v) is 15.0. The fourth-order valence-corrected chi connectivity index (χ4v) is 4.16. The van der Waals surface area contributed by atoms with Crippen molar-refractivity contribution in [2.45, 2.75) is 109 Å². The molecule has 41 heavy (non-hydrogen) atoms. The second kappa shape index (κ2) is 26.2. The number of aliphatic hydroxyl groups excluding tert-OH is 1. The first-order valence-electron chi connectivity index (χ1n) is 15.0. The van der Waals surface area contributed by atoms with Gasteiger partial charge >= 0.3 is 0 Å². The van der Waals surface area contributed by atoms with Crippen molar-refractivity contribution in [1.82, 2.24) is 25.8 Å². The van der Waals surface area contributed by atoms with Crippen molar-refractivity contribution in [3.05, 3.63) is 0 Å². The van der Waals surface area contributed by atoms with E-state index in [9.17, 15) is 30.3 Å². The molecular formula is C27H58N6O8. The minimum Gasteiger partial charge on any atom is -0.376 e. The van der Waals surface area contributed by atoms with Crippen molar-refractivity contribution in [2.24, 2.45) is 5.73 Å². The van der Waals surface area contributed by atoms with Crippen molar-refractivity contribution < 1.29 is 39.8 Å². The second-order valence-electron chi connectivity index (χ2n) is 10.3. The topological polar surface area (TPSA) is 193 Å². The molecule has 0 fully saturated rings. The van der Waals surface area contributed by atoms with Crippen LogP contribution in [0.25, 0.3) is 0 Å². The SMILES string of the molecule is COC(CCC(O)N(O)CCCCCN)NCCCCCN(O)C(CCC(=O)NCCCCCN(O)C(C)=O)OC. The average molecular weight is 595 g/mol. The Balaban J connectivity index is 3.95. The minimum absolute atomic E-state index is 0.117. The van der Waals surface area contributed by atoms with Crippen molar-refractivity contribution in [2.75, 3.05) is 53.5 Å².